The van der Waals surface area contributed by atoms with E-state index in [0.717, 1.165) is 15.7 Å². The summed E-state index contributed by atoms with van der Waals surface area (Å²) in [5.74, 6) is 6.63. The zero-order valence-corrected chi connectivity index (χ0v) is 10.1. The Balaban J connectivity index is 2.18. The maximum absolute atomic E-state index is 5.28. The molecule has 5 nitrogen and oxygen atoms in total. The van der Waals surface area contributed by atoms with Crippen LogP contribution in [-0.2, 0) is 0 Å². The highest BCUT2D eigenvalue weighted by molar-refractivity contribution is 7.99. The first kappa shape index (κ1) is 11.7. The standard InChI is InChI=1S/C11H12N4OS/c1-16-8-3-2-4-9(5-8)17-11-7-13-6-10(14-11)15-12/h2-7H,12H2,1H3,(H,14,15). The maximum Gasteiger partial charge on any atom is 0.159 e. The zero-order chi connectivity index (χ0) is 12.1. The van der Waals surface area contributed by atoms with Gasteiger partial charge in [0.2, 0.25) is 0 Å². The molecule has 6 heteroatoms. The molecule has 0 saturated heterocycles. The van der Waals surface area contributed by atoms with Crippen LogP contribution in [0.5, 0.6) is 5.75 Å². The molecule has 1 heterocycles. The van der Waals surface area contributed by atoms with E-state index in [-0.39, 0.29) is 0 Å². The second-order valence-electron chi connectivity index (χ2n) is 3.17. The number of ether oxygens (including phenoxy) is 1. The van der Waals surface area contributed by atoms with Gasteiger partial charge in [-0.25, -0.2) is 10.8 Å². The molecule has 3 N–H and O–H groups in total. The van der Waals surface area contributed by atoms with Crippen molar-refractivity contribution >= 4 is 17.6 Å². The number of nitrogens with one attached hydrogen (secondary N) is 1. The van der Waals surface area contributed by atoms with E-state index < -0.39 is 0 Å². The molecule has 2 rings (SSSR count). The van der Waals surface area contributed by atoms with Crippen molar-refractivity contribution in [3.05, 3.63) is 36.7 Å². The Labute approximate surface area is 103 Å². The van der Waals surface area contributed by atoms with Crippen molar-refractivity contribution < 1.29 is 4.74 Å². The second-order valence-corrected chi connectivity index (χ2v) is 4.26. The number of hydrogen-bond donors (Lipinski definition) is 2. The number of methoxy groups -OCH3 is 1. The van der Waals surface area contributed by atoms with Crippen LogP contribution in [0.4, 0.5) is 5.82 Å². The number of benzene rings is 1. The fourth-order valence-corrected chi connectivity index (χ4v) is 2.07. The van der Waals surface area contributed by atoms with Gasteiger partial charge in [-0.1, -0.05) is 17.8 Å². The van der Waals surface area contributed by atoms with Gasteiger partial charge in [-0.2, -0.15) is 0 Å². The van der Waals surface area contributed by atoms with Crippen molar-refractivity contribution in [1.29, 1.82) is 0 Å². The molecule has 0 aliphatic rings. The van der Waals surface area contributed by atoms with Gasteiger partial charge >= 0.3 is 0 Å². The van der Waals surface area contributed by atoms with Crippen molar-refractivity contribution in [1.82, 2.24) is 9.97 Å². The Morgan fingerprint density at radius 2 is 2.24 bits per heavy atom. The third-order valence-electron chi connectivity index (χ3n) is 2.02. The molecule has 0 saturated carbocycles. The zero-order valence-electron chi connectivity index (χ0n) is 9.25. The fraction of sp³-hybridized carbons (Fsp3) is 0.0909. The lowest BCUT2D eigenvalue weighted by Gasteiger charge is -2.04. The van der Waals surface area contributed by atoms with Crippen molar-refractivity contribution in [2.75, 3.05) is 12.5 Å². The Bertz CT molecular complexity index is 461. The number of hydrazine groups is 1. The lowest BCUT2D eigenvalue weighted by molar-refractivity contribution is 0.413. The van der Waals surface area contributed by atoms with E-state index in [4.69, 9.17) is 10.6 Å². The van der Waals surface area contributed by atoms with Crippen molar-refractivity contribution in [3.63, 3.8) is 0 Å². The minimum Gasteiger partial charge on any atom is -0.497 e. The van der Waals surface area contributed by atoms with Gasteiger partial charge < -0.3 is 10.2 Å². The number of rotatable bonds is 4. The predicted molar refractivity (Wildman–Crippen MR) is 67.0 cm³/mol. The summed E-state index contributed by atoms with van der Waals surface area (Å²) in [6.07, 6.45) is 3.25. The van der Waals surface area contributed by atoms with E-state index in [1.54, 1.807) is 19.5 Å². The van der Waals surface area contributed by atoms with E-state index in [1.807, 2.05) is 24.3 Å². The minimum absolute atomic E-state index is 0.540. The Kier molecular flexibility index (Phi) is 3.79. The van der Waals surface area contributed by atoms with Crippen LogP contribution in [0.3, 0.4) is 0 Å². The van der Waals surface area contributed by atoms with Gasteiger partial charge in [0, 0.05) is 4.90 Å². The maximum atomic E-state index is 5.28. The van der Waals surface area contributed by atoms with Crippen LogP contribution in [0.1, 0.15) is 0 Å². The molecule has 0 amide bonds. The molecule has 0 atom stereocenters. The first-order valence-corrected chi connectivity index (χ1v) is 5.74. The van der Waals surface area contributed by atoms with Crippen molar-refractivity contribution in [3.8, 4) is 5.75 Å². The Morgan fingerprint density at radius 1 is 1.35 bits per heavy atom. The molecule has 0 bridgehead atoms. The van der Waals surface area contributed by atoms with Crippen molar-refractivity contribution in [2.45, 2.75) is 9.92 Å². The highest BCUT2D eigenvalue weighted by Gasteiger charge is 2.02. The smallest absolute Gasteiger partial charge is 0.159 e. The van der Waals surface area contributed by atoms with E-state index in [9.17, 15) is 0 Å². The average molecular weight is 248 g/mol. The molecule has 0 spiro atoms. The molecule has 0 radical (unpaired) electrons. The quantitative estimate of drug-likeness (QED) is 0.636. The molecule has 0 fully saturated rings. The van der Waals surface area contributed by atoms with E-state index >= 15 is 0 Å². The molecule has 2 aromatic rings. The SMILES string of the molecule is COc1cccc(Sc2cncc(NN)n2)c1. The topological polar surface area (TPSA) is 73.1 Å². The summed E-state index contributed by atoms with van der Waals surface area (Å²) in [5, 5.41) is 0.772. The molecule has 0 aliphatic carbocycles. The fourth-order valence-electron chi connectivity index (χ4n) is 1.25. The van der Waals surface area contributed by atoms with Crippen LogP contribution in [0, 0.1) is 0 Å². The number of aromatic nitrogens is 2. The molecule has 0 aliphatic heterocycles. The van der Waals surface area contributed by atoms with E-state index in [0.29, 0.717) is 5.82 Å². The molecule has 0 unspecified atom stereocenters. The van der Waals surface area contributed by atoms with Crippen LogP contribution in [0.2, 0.25) is 0 Å². The number of nitrogens with zero attached hydrogens (tertiary/aromatic N) is 2. The summed E-state index contributed by atoms with van der Waals surface area (Å²) in [4.78, 5) is 9.34. The monoisotopic (exact) mass is 248 g/mol. The van der Waals surface area contributed by atoms with Crippen LogP contribution >= 0.6 is 11.8 Å². The molecular weight excluding hydrogens is 236 g/mol. The van der Waals surface area contributed by atoms with Crippen LogP contribution in [0.15, 0.2) is 46.6 Å². The molecular formula is C11H12N4OS. The van der Waals surface area contributed by atoms with E-state index in [2.05, 4.69) is 15.4 Å². The highest BCUT2D eigenvalue weighted by Crippen LogP contribution is 2.28. The van der Waals surface area contributed by atoms with E-state index in [1.165, 1.54) is 11.8 Å². The highest BCUT2D eigenvalue weighted by atomic mass is 32.2. The van der Waals surface area contributed by atoms with Gasteiger partial charge in [-0.3, -0.25) is 4.98 Å². The lowest BCUT2D eigenvalue weighted by Crippen LogP contribution is -2.08. The largest absolute Gasteiger partial charge is 0.497 e. The predicted octanol–water partition coefficient (Wildman–Crippen LogP) is 1.92. The summed E-state index contributed by atoms with van der Waals surface area (Å²) in [6, 6.07) is 7.75. The first-order valence-electron chi connectivity index (χ1n) is 4.92. The van der Waals surface area contributed by atoms with Crippen LogP contribution < -0.4 is 16.0 Å². The summed E-state index contributed by atoms with van der Waals surface area (Å²) >= 11 is 1.50. The number of nitrogen functional groups attached to an aromatic ring is 1. The molecule has 1 aromatic carbocycles. The van der Waals surface area contributed by atoms with Crippen LogP contribution in [-0.4, -0.2) is 17.1 Å². The van der Waals surface area contributed by atoms with Crippen LogP contribution in [0.25, 0.3) is 0 Å². The van der Waals surface area contributed by atoms with Gasteiger partial charge in [-0.15, -0.1) is 0 Å². The molecule has 88 valence electrons. The number of hydrogen-bond acceptors (Lipinski definition) is 6. The summed E-state index contributed by atoms with van der Waals surface area (Å²) < 4.78 is 5.16. The number of anilines is 1. The average Bonchev–Trinajstić information content (AvgIpc) is 2.39. The van der Waals surface area contributed by atoms with Crippen molar-refractivity contribution in [2.24, 2.45) is 5.84 Å². The minimum atomic E-state index is 0.540. The van der Waals surface area contributed by atoms with Gasteiger partial charge in [0.15, 0.2) is 5.82 Å². The Morgan fingerprint density at radius 3 is 3.00 bits per heavy atom. The Hall–Kier alpha value is -1.79. The summed E-state index contributed by atoms with van der Waals surface area (Å²) in [6.45, 7) is 0. The summed E-state index contributed by atoms with van der Waals surface area (Å²) in [5.41, 5.74) is 2.46. The lowest BCUT2D eigenvalue weighted by atomic mass is 10.3. The summed E-state index contributed by atoms with van der Waals surface area (Å²) in [7, 11) is 1.64. The first-order chi connectivity index (χ1) is 8.31. The third-order valence-corrected chi connectivity index (χ3v) is 2.92. The van der Waals surface area contributed by atoms with Gasteiger partial charge in [-0.05, 0) is 18.2 Å². The normalized spacial score (nSPS) is 10.0. The molecule has 1 aromatic heterocycles. The van der Waals surface area contributed by atoms with Gasteiger partial charge in [0.25, 0.3) is 0 Å². The third kappa shape index (κ3) is 3.08. The van der Waals surface area contributed by atoms with Gasteiger partial charge in [0.05, 0.1) is 19.5 Å². The second kappa shape index (κ2) is 5.51. The van der Waals surface area contributed by atoms with Gasteiger partial charge in [0.1, 0.15) is 10.8 Å². The molecule has 17 heavy (non-hydrogen) atoms. The number of nitrogens with two attached hydrogens (primary N) is 1.